The van der Waals surface area contributed by atoms with Gasteiger partial charge in [-0.1, -0.05) is 31.5 Å². The summed E-state index contributed by atoms with van der Waals surface area (Å²) in [6.45, 7) is 10.8. The number of carbonyl (C=O) groups excluding carboxylic acids is 2. The smallest absolute Gasteiger partial charge is 0.251 e. The van der Waals surface area contributed by atoms with Gasteiger partial charge in [-0.3, -0.25) is 9.59 Å². The average molecular weight is 472 g/mol. The predicted molar refractivity (Wildman–Crippen MR) is 130 cm³/mol. The van der Waals surface area contributed by atoms with E-state index in [2.05, 4.69) is 24.5 Å². The van der Waals surface area contributed by atoms with Crippen LogP contribution in [0.3, 0.4) is 0 Å². The zero-order chi connectivity index (χ0) is 24.3. The first-order chi connectivity index (χ1) is 15.5. The van der Waals surface area contributed by atoms with Crippen LogP contribution in [0.4, 0.5) is 5.69 Å². The first kappa shape index (κ1) is 24.9. The predicted octanol–water partition coefficient (Wildman–Crippen LogP) is 3.65. The van der Waals surface area contributed by atoms with Crippen molar-refractivity contribution in [2.24, 2.45) is 11.8 Å². The minimum atomic E-state index is -3.60. The van der Waals surface area contributed by atoms with Crippen LogP contribution in [0.5, 0.6) is 0 Å². The van der Waals surface area contributed by atoms with Crippen molar-refractivity contribution < 1.29 is 18.0 Å². The number of carbonyl (C=O) groups is 2. The summed E-state index contributed by atoms with van der Waals surface area (Å²) in [7, 11) is -3.60. The Morgan fingerprint density at radius 1 is 0.970 bits per heavy atom. The molecule has 8 heteroatoms. The maximum Gasteiger partial charge on any atom is 0.251 e. The molecule has 7 nitrogen and oxygen atoms in total. The summed E-state index contributed by atoms with van der Waals surface area (Å²) in [4.78, 5) is 25.0. The largest absolute Gasteiger partial charge is 0.343 e. The molecular weight excluding hydrogens is 438 g/mol. The molecule has 1 aliphatic heterocycles. The summed E-state index contributed by atoms with van der Waals surface area (Å²) in [5, 5.41) is 5.44. The Labute approximate surface area is 196 Å². The molecule has 33 heavy (non-hydrogen) atoms. The van der Waals surface area contributed by atoms with Crippen molar-refractivity contribution in [3.8, 4) is 0 Å². The van der Waals surface area contributed by atoms with Crippen LogP contribution >= 0.6 is 0 Å². The molecule has 0 aromatic heterocycles. The highest BCUT2D eigenvalue weighted by Gasteiger charge is 2.31. The second kappa shape index (κ2) is 10.1. The van der Waals surface area contributed by atoms with Crippen molar-refractivity contribution in [3.05, 3.63) is 58.7 Å². The summed E-state index contributed by atoms with van der Waals surface area (Å²) in [6.07, 6.45) is 1.02. The molecule has 2 aromatic carbocycles. The Balaban J connectivity index is 1.61. The zero-order valence-corrected chi connectivity index (χ0v) is 20.8. The molecular formula is C25H33N3O4S. The lowest BCUT2D eigenvalue weighted by molar-refractivity contribution is -0.115. The maximum atomic E-state index is 13.0. The van der Waals surface area contributed by atoms with Gasteiger partial charge in [0.1, 0.15) is 0 Å². The number of hydrogen-bond donors (Lipinski definition) is 2. The normalized spacial score (nSPS) is 19.2. The Bertz CT molecular complexity index is 1110. The lowest BCUT2D eigenvalue weighted by Gasteiger charge is -2.34. The van der Waals surface area contributed by atoms with Crippen LogP contribution in [0.25, 0.3) is 0 Å². The van der Waals surface area contributed by atoms with E-state index in [9.17, 15) is 18.0 Å². The zero-order valence-electron chi connectivity index (χ0n) is 19.9. The van der Waals surface area contributed by atoms with E-state index in [1.807, 2.05) is 32.9 Å². The summed E-state index contributed by atoms with van der Waals surface area (Å²) < 4.78 is 27.5. The standard InChI is InChI=1S/C25H33N3O4S/c1-16-11-19(4)24(20(5)12-16)27-23(29)13-26-25(30)21-6-8-22(9-7-21)33(31,32)28-14-17(2)10-18(3)15-28/h6-9,11-12,17-18H,10,13-15H2,1-5H3,(H,26,30)(H,27,29). The summed E-state index contributed by atoms with van der Waals surface area (Å²) >= 11 is 0. The number of benzene rings is 2. The van der Waals surface area contributed by atoms with Crippen molar-refractivity contribution in [2.45, 2.75) is 45.9 Å². The van der Waals surface area contributed by atoms with E-state index < -0.39 is 15.9 Å². The van der Waals surface area contributed by atoms with Crippen molar-refractivity contribution in [3.63, 3.8) is 0 Å². The fraction of sp³-hybridized carbons (Fsp3) is 0.440. The van der Waals surface area contributed by atoms with Crippen molar-refractivity contribution >= 4 is 27.5 Å². The Hall–Kier alpha value is -2.71. The average Bonchev–Trinajstić information content (AvgIpc) is 2.74. The molecule has 2 N–H and O–H groups in total. The Morgan fingerprint density at radius 3 is 2.06 bits per heavy atom. The van der Waals surface area contributed by atoms with E-state index in [-0.39, 0.29) is 17.3 Å². The third kappa shape index (κ3) is 6.00. The Morgan fingerprint density at radius 2 is 1.52 bits per heavy atom. The SMILES string of the molecule is Cc1cc(C)c(NC(=O)CNC(=O)c2ccc(S(=O)(=O)N3CC(C)CC(C)C3)cc2)c(C)c1. The number of piperidine rings is 1. The van der Waals surface area contributed by atoms with E-state index in [1.165, 1.54) is 28.6 Å². The number of sulfonamides is 1. The van der Waals surface area contributed by atoms with Gasteiger partial charge in [-0.25, -0.2) is 8.42 Å². The monoisotopic (exact) mass is 471 g/mol. The van der Waals surface area contributed by atoms with E-state index in [4.69, 9.17) is 0 Å². The molecule has 0 spiro atoms. The summed E-state index contributed by atoms with van der Waals surface area (Å²) in [5.41, 5.74) is 4.08. The minimum absolute atomic E-state index is 0.170. The van der Waals surface area contributed by atoms with Gasteiger partial charge in [-0.05, 0) is 74.4 Å². The van der Waals surface area contributed by atoms with Gasteiger partial charge in [0.05, 0.1) is 11.4 Å². The van der Waals surface area contributed by atoms with E-state index in [0.717, 1.165) is 28.8 Å². The first-order valence-corrected chi connectivity index (χ1v) is 12.7. The highest BCUT2D eigenvalue weighted by Crippen LogP contribution is 2.27. The second-order valence-corrected chi connectivity index (χ2v) is 11.2. The maximum absolute atomic E-state index is 13.0. The molecule has 1 aliphatic rings. The molecule has 2 atom stereocenters. The molecule has 1 saturated heterocycles. The number of nitrogens with zero attached hydrogens (tertiary/aromatic N) is 1. The molecule has 178 valence electrons. The summed E-state index contributed by atoms with van der Waals surface area (Å²) in [6, 6.07) is 9.83. The number of hydrogen-bond acceptors (Lipinski definition) is 4. The molecule has 2 aromatic rings. The highest BCUT2D eigenvalue weighted by atomic mass is 32.2. The van der Waals surface area contributed by atoms with Crippen LogP contribution < -0.4 is 10.6 Å². The van der Waals surface area contributed by atoms with Gasteiger partial charge in [-0.15, -0.1) is 0 Å². The van der Waals surface area contributed by atoms with Crippen LogP contribution in [0.2, 0.25) is 0 Å². The quantitative estimate of drug-likeness (QED) is 0.672. The van der Waals surface area contributed by atoms with Gasteiger partial charge in [0.2, 0.25) is 15.9 Å². The fourth-order valence-corrected chi connectivity index (χ4v) is 6.23. The van der Waals surface area contributed by atoms with E-state index in [0.29, 0.717) is 30.5 Å². The highest BCUT2D eigenvalue weighted by molar-refractivity contribution is 7.89. The lowest BCUT2D eigenvalue weighted by Crippen LogP contribution is -2.42. The number of aryl methyl sites for hydroxylation is 3. The van der Waals surface area contributed by atoms with Crippen molar-refractivity contribution in [2.75, 3.05) is 25.0 Å². The number of anilines is 1. The van der Waals surface area contributed by atoms with Crippen molar-refractivity contribution in [1.29, 1.82) is 0 Å². The number of amides is 2. The van der Waals surface area contributed by atoms with E-state index in [1.54, 1.807) is 0 Å². The molecule has 0 saturated carbocycles. The van der Waals surface area contributed by atoms with Gasteiger partial charge < -0.3 is 10.6 Å². The molecule has 1 heterocycles. The van der Waals surface area contributed by atoms with Crippen LogP contribution in [0, 0.1) is 32.6 Å². The number of rotatable bonds is 6. The minimum Gasteiger partial charge on any atom is -0.343 e. The molecule has 1 fully saturated rings. The van der Waals surface area contributed by atoms with Crippen LogP contribution in [0.15, 0.2) is 41.3 Å². The molecule has 0 radical (unpaired) electrons. The topological polar surface area (TPSA) is 95.6 Å². The van der Waals surface area contributed by atoms with Gasteiger partial charge in [0.25, 0.3) is 5.91 Å². The second-order valence-electron chi connectivity index (χ2n) is 9.30. The van der Waals surface area contributed by atoms with Gasteiger partial charge in [0, 0.05) is 24.3 Å². The fourth-order valence-electron chi connectivity index (χ4n) is 4.55. The van der Waals surface area contributed by atoms with Crippen LogP contribution in [-0.2, 0) is 14.8 Å². The van der Waals surface area contributed by atoms with Crippen molar-refractivity contribution in [1.82, 2.24) is 9.62 Å². The molecule has 3 rings (SSSR count). The lowest BCUT2D eigenvalue weighted by atomic mass is 9.94. The van der Waals surface area contributed by atoms with Gasteiger partial charge >= 0.3 is 0 Å². The molecule has 0 aliphatic carbocycles. The van der Waals surface area contributed by atoms with E-state index >= 15 is 0 Å². The molecule has 2 unspecified atom stereocenters. The summed E-state index contributed by atoms with van der Waals surface area (Å²) in [5.74, 6) is -0.142. The van der Waals surface area contributed by atoms with Crippen LogP contribution in [0.1, 0.15) is 47.3 Å². The van der Waals surface area contributed by atoms with Gasteiger partial charge in [0.15, 0.2) is 0 Å². The number of nitrogens with one attached hydrogen (secondary N) is 2. The molecule has 2 amide bonds. The molecule has 0 bridgehead atoms. The third-order valence-corrected chi connectivity index (χ3v) is 7.79. The Kier molecular flexibility index (Phi) is 7.59. The first-order valence-electron chi connectivity index (χ1n) is 11.2. The van der Waals surface area contributed by atoms with Crippen LogP contribution in [-0.4, -0.2) is 44.2 Å². The third-order valence-electron chi connectivity index (χ3n) is 5.94. The van der Waals surface area contributed by atoms with Gasteiger partial charge in [-0.2, -0.15) is 4.31 Å².